The molecule has 8 heteroatoms. The van der Waals surface area contributed by atoms with E-state index >= 15 is 0 Å². The van der Waals surface area contributed by atoms with Crippen molar-refractivity contribution in [3.05, 3.63) is 28.8 Å². The van der Waals surface area contributed by atoms with Gasteiger partial charge in [-0.15, -0.1) is 0 Å². The predicted molar refractivity (Wildman–Crippen MR) is 65.8 cm³/mol. The lowest BCUT2D eigenvalue weighted by molar-refractivity contribution is -0.0500. The first kappa shape index (κ1) is 16.1. The van der Waals surface area contributed by atoms with E-state index in [-0.39, 0.29) is 10.4 Å². The summed E-state index contributed by atoms with van der Waals surface area (Å²) in [7, 11) is -5.67. The van der Waals surface area contributed by atoms with Gasteiger partial charge < -0.3 is 4.18 Å². The summed E-state index contributed by atoms with van der Waals surface area (Å²) >= 11 is 5.90. The number of halogens is 4. The Morgan fingerprint density at radius 3 is 2.05 bits per heavy atom. The zero-order valence-electron chi connectivity index (χ0n) is 10.4. The molecular formula is C11H12ClF3O3S. The molecule has 0 aromatic heterocycles. The molecule has 1 aromatic rings. The first-order valence-corrected chi connectivity index (χ1v) is 6.94. The predicted octanol–water partition coefficient (Wildman–Crippen LogP) is 3.87. The molecule has 0 fully saturated rings. The zero-order chi connectivity index (χ0) is 15.1. The Kier molecular flexibility index (Phi) is 4.12. The molecule has 0 aliphatic rings. The van der Waals surface area contributed by atoms with Crippen LogP contribution in [-0.4, -0.2) is 13.9 Å². The first-order chi connectivity index (χ1) is 8.34. The molecule has 0 heterocycles. The van der Waals surface area contributed by atoms with Crippen LogP contribution in [-0.2, 0) is 15.5 Å². The molecule has 0 saturated heterocycles. The highest BCUT2D eigenvalue weighted by Gasteiger charge is 2.48. The second-order valence-electron chi connectivity index (χ2n) is 4.87. The van der Waals surface area contributed by atoms with E-state index < -0.39 is 21.4 Å². The van der Waals surface area contributed by atoms with Crippen molar-refractivity contribution in [3.8, 4) is 5.75 Å². The fraction of sp³-hybridized carbons (Fsp3) is 0.455. The molecule has 0 aliphatic heterocycles. The van der Waals surface area contributed by atoms with Crippen molar-refractivity contribution in [1.82, 2.24) is 0 Å². The maximum atomic E-state index is 12.1. The summed E-state index contributed by atoms with van der Waals surface area (Å²) in [5.41, 5.74) is -5.12. The minimum atomic E-state index is -5.67. The summed E-state index contributed by atoms with van der Waals surface area (Å²) < 4.78 is 62.1. The van der Waals surface area contributed by atoms with E-state index in [2.05, 4.69) is 4.18 Å². The SMILES string of the molecule is CC(C)(C)c1ccc(OS(=O)(=O)C(F)(F)F)cc1Cl. The number of hydrogen-bond donors (Lipinski definition) is 0. The molecule has 0 aliphatic carbocycles. The maximum absolute atomic E-state index is 12.1. The molecule has 19 heavy (non-hydrogen) atoms. The van der Waals surface area contributed by atoms with Crippen LogP contribution in [0.3, 0.4) is 0 Å². The molecule has 0 N–H and O–H groups in total. The Bertz CT molecular complexity index is 574. The minimum Gasteiger partial charge on any atom is -0.376 e. The summed E-state index contributed by atoms with van der Waals surface area (Å²) in [4.78, 5) is 0. The largest absolute Gasteiger partial charge is 0.534 e. The third-order valence-corrected chi connectivity index (χ3v) is 3.53. The molecule has 0 radical (unpaired) electrons. The van der Waals surface area contributed by atoms with E-state index in [1.807, 2.05) is 20.8 Å². The molecule has 0 atom stereocenters. The Morgan fingerprint density at radius 1 is 1.16 bits per heavy atom. The summed E-state index contributed by atoms with van der Waals surface area (Å²) in [6.45, 7) is 5.59. The lowest BCUT2D eigenvalue weighted by Gasteiger charge is -2.21. The van der Waals surface area contributed by atoms with E-state index in [9.17, 15) is 21.6 Å². The van der Waals surface area contributed by atoms with E-state index in [0.717, 1.165) is 12.1 Å². The molecule has 0 amide bonds. The molecule has 0 bridgehead atoms. The van der Waals surface area contributed by atoms with Gasteiger partial charge in [0.05, 0.1) is 0 Å². The van der Waals surface area contributed by atoms with Crippen molar-refractivity contribution in [3.63, 3.8) is 0 Å². The molecule has 1 rings (SSSR count). The lowest BCUT2D eigenvalue weighted by Crippen LogP contribution is -2.28. The number of rotatable bonds is 2. The minimum absolute atomic E-state index is 0.141. The van der Waals surface area contributed by atoms with Crippen molar-refractivity contribution >= 4 is 21.7 Å². The molecule has 0 spiro atoms. The van der Waals surface area contributed by atoms with Crippen LogP contribution in [0.15, 0.2) is 18.2 Å². The van der Waals surface area contributed by atoms with Crippen LogP contribution in [0.2, 0.25) is 5.02 Å². The summed E-state index contributed by atoms with van der Waals surface area (Å²) in [6.07, 6.45) is 0. The third kappa shape index (κ3) is 3.76. The number of hydrogen-bond acceptors (Lipinski definition) is 3. The van der Waals surface area contributed by atoms with Crippen LogP contribution in [0, 0.1) is 0 Å². The average molecular weight is 317 g/mol. The highest BCUT2D eigenvalue weighted by atomic mass is 35.5. The number of alkyl halides is 3. The Hall–Kier alpha value is -0.950. The van der Waals surface area contributed by atoms with Gasteiger partial charge in [-0.05, 0) is 17.0 Å². The van der Waals surface area contributed by atoms with Crippen LogP contribution < -0.4 is 4.18 Å². The van der Waals surface area contributed by atoms with Crippen molar-refractivity contribution in [2.75, 3.05) is 0 Å². The van der Waals surface area contributed by atoms with Gasteiger partial charge in [0.1, 0.15) is 5.75 Å². The van der Waals surface area contributed by atoms with Gasteiger partial charge in [0.25, 0.3) is 0 Å². The van der Waals surface area contributed by atoms with Crippen molar-refractivity contribution in [2.45, 2.75) is 31.7 Å². The smallest absolute Gasteiger partial charge is 0.376 e. The van der Waals surface area contributed by atoms with Crippen molar-refractivity contribution in [1.29, 1.82) is 0 Å². The standard InChI is InChI=1S/C11H12ClF3O3S/c1-10(2,3)8-5-4-7(6-9(8)12)18-19(16,17)11(13,14)15/h4-6H,1-3H3. The maximum Gasteiger partial charge on any atom is 0.534 e. The molecule has 108 valence electrons. The van der Waals surface area contributed by atoms with Crippen LogP contribution >= 0.6 is 11.6 Å². The average Bonchev–Trinajstić information content (AvgIpc) is 2.12. The zero-order valence-corrected chi connectivity index (χ0v) is 11.9. The molecule has 0 unspecified atom stereocenters. The highest BCUT2D eigenvalue weighted by molar-refractivity contribution is 7.88. The topological polar surface area (TPSA) is 43.4 Å². The fourth-order valence-corrected chi connectivity index (χ4v) is 2.24. The van der Waals surface area contributed by atoms with Crippen LogP contribution in [0.25, 0.3) is 0 Å². The molecule has 3 nitrogen and oxygen atoms in total. The van der Waals surface area contributed by atoms with Crippen LogP contribution in [0.4, 0.5) is 13.2 Å². The van der Waals surface area contributed by atoms with E-state index in [1.54, 1.807) is 0 Å². The molecular weight excluding hydrogens is 305 g/mol. The highest BCUT2D eigenvalue weighted by Crippen LogP contribution is 2.34. The second-order valence-corrected chi connectivity index (χ2v) is 6.82. The number of benzene rings is 1. The van der Waals surface area contributed by atoms with Gasteiger partial charge in [0.2, 0.25) is 0 Å². The Balaban J connectivity index is 3.11. The van der Waals surface area contributed by atoms with Gasteiger partial charge in [-0.25, -0.2) is 0 Å². The summed E-state index contributed by atoms with van der Waals surface area (Å²) in [6, 6.07) is 3.62. The van der Waals surface area contributed by atoms with E-state index in [0.29, 0.717) is 5.56 Å². The monoisotopic (exact) mass is 316 g/mol. The fourth-order valence-electron chi connectivity index (χ4n) is 1.33. The van der Waals surface area contributed by atoms with Gasteiger partial charge in [0.15, 0.2) is 0 Å². The van der Waals surface area contributed by atoms with Gasteiger partial charge >= 0.3 is 15.6 Å². The quantitative estimate of drug-likeness (QED) is 0.614. The Labute approximate surface area is 114 Å². The molecule has 1 aromatic carbocycles. The van der Waals surface area contributed by atoms with Gasteiger partial charge in [-0.1, -0.05) is 38.4 Å². The van der Waals surface area contributed by atoms with E-state index in [4.69, 9.17) is 11.6 Å². The first-order valence-electron chi connectivity index (χ1n) is 5.15. The lowest BCUT2D eigenvalue weighted by atomic mass is 9.87. The van der Waals surface area contributed by atoms with Gasteiger partial charge in [0, 0.05) is 11.1 Å². The van der Waals surface area contributed by atoms with Gasteiger partial charge in [-0.3, -0.25) is 0 Å². The normalized spacial score (nSPS) is 13.4. The van der Waals surface area contributed by atoms with Crippen molar-refractivity contribution in [2.24, 2.45) is 0 Å². The van der Waals surface area contributed by atoms with Crippen molar-refractivity contribution < 1.29 is 25.8 Å². The van der Waals surface area contributed by atoms with Crippen LogP contribution in [0.5, 0.6) is 5.75 Å². The van der Waals surface area contributed by atoms with E-state index in [1.165, 1.54) is 6.07 Å². The third-order valence-electron chi connectivity index (χ3n) is 2.24. The summed E-state index contributed by atoms with van der Waals surface area (Å²) in [5.74, 6) is -0.477. The molecule has 0 saturated carbocycles. The van der Waals surface area contributed by atoms with Gasteiger partial charge in [-0.2, -0.15) is 21.6 Å². The summed E-state index contributed by atoms with van der Waals surface area (Å²) in [5, 5.41) is 0.141. The van der Waals surface area contributed by atoms with Crippen LogP contribution in [0.1, 0.15) is 26.3 Å². The Morgan fingerprint density at radius 2 is 1.68 bits per heavy atom. The second kappa shape index (κ2) is 4.86.